The Morgan fingerprint density at radius 1 is 1.60 bits per heavy atom. The number of hydrogen-bond donors (Lipinski definition) is 1. The second kappa shape index (κ2) is 3.38. The summed E-state index contributed by atoms with van der Waals surface area (Å²) in [5.41, 5.74) is 1.92. The van der Waals surface area contributed by atoms with Gasteiger partial charge in [0.1, 0.15) is 11.3 Å². The van der Waals surface area contributed by atoms with Crippen molar-refractivity contribution in [2.75, 3.05) is 0 Å². The number of aromatic nitrogens is 2. The molecule has 0 aliphatic heterocycles. The number of carboxylic acids is 1. The lowest BCUT2D eigenvalue weighted by Crippen LogP contribution is -2.07. The maximum Gasteiger partial charge on any atom is 0.352 e. The molecular weight excluding hydrogens is 192 g/mol. The molecule has 2 aromatic rings. The number of carboxylic acid groups (broad SMARTS) is 1. The van der Waals surface area contributed by atoms with Crippen LogP contribution in [0.3, 0.4) is 0 Å². The fourth-order valence-corrected chi connectivity index (χ4v) is 1.97. The van der Waals surface area contributed by atoms with Crippen LogP contribution in [0.15, 0.2) is 18.3 Å². The third-order valence-corrected chi connectivity index (χ3v) is 2.61. The fourth-order valence-electron chi connectivity index (χ4n) is 1.97. The normalized spacial score (nSPS) is 10.8. The first-order valence-corrected chi connectivity index (χ1v) is 4.82. The molecule has 0 unspecified atom stereocenters. The van der Waals surface area contributed by atoms with Crippen molar-refractivity contribution in [1.82, 2.24) is 9.55 Å². The third kappa shape index (κ3) is 1.29. The standard InChI is InChI=1S/C11H12N2O2/c1-3-7-8-5-4-6-12-10(8)13(2)9(7)11(14)15/h4-6H,3H2,1-2H3,(H,14,15). The van der Waals surface area contributed by atoms with Crippen molar-refractivity contribution in [3.63, 3.8) is 0 Å². The summed E-state index contributed by atoms with van der Waals surface area (Å²) in [7, 11) is 1.73. The summed E-state index contributed by atoms with van der Waals surface area (Å²) < 4.78 is 1.64. The zero-order valence-electron chi connectivity index (χ0n) is 8.69. The molecule has 0 spiro atoms. The molecule has 78 valence electrons. The minimum absolute atomic E-state index is 0.339. The van der Waals surface area contributed by atoms with Gasteiger partial charge in [-0.25, -0.2) is 9.78 Å². The summed E-state index contributed by atoms with van der Waals surface area (Å²) in [6.45, 7) is 1.95. The average molecular weight is 204 g/mol. The van der Waals surface area contributed by atoms with E-state index in [1.54, 1.807) is 17.8 Å². The van der Waals surface area contributed by atoms with Gasteiger partial charge in [-0.2, -0.15) is 0 Å². The molecule has 0 amide bonds. The minimum Gasteiger partial charge on any atom is -0.477 e. The Hall–Kier alpha value is -1.84. The van der Waals surface area contributed by atoms with Crippen molar-refractivity contribution < 1.29 is 9.90 Å². The molecule has 0 aliphatic carbocycles. The second-order valence-corrected chi connectivity index (χ2v) is 3.42. The number of nitrogens with zero attached hydrogens (tertiary/aromatic N) is 2. The zero-order valence-corrected chi connectivity index (χ0v) is 8.69. The maximum atomic E-state index is 11.1. The molecule has 2 aromatic heterocycles. The van der Waals surface area contributed by atoms with Crippen LogP contribution in [0.5, 0.6) is 0 Å². The number of aromatic carboxylic acids is 1. The quantitative estimate of drug-likeness (QED) is 0.812. The van der Waals surface area contributed by atoms with Gasteiger partial charge in [0.2, 0.25) is 0 Å². The van der Waals surface area contributed by atoms with Gasteiger partial charge in [-0.3, -0.25) is 0 Å². The monoisotopic (exact) mass is 204 g/mol. The first-order chi connectivity index (χ1) is 7.16. The largest absolute Gasteiger partial charge is 0.477 e. The smallest absolute Gasteiger partial charge is 0.352 e. The lowest BCUT2D eigenvalue weighted by atomic mass is 10.1. The van der Waals surface area contributed by atoms with Crippen molar-refractivity contribution >= 4 is 17.0 Å². The van der Waals surface area contributed by atoms with E-state index in [-0.39, 0.29) is 0 Å². The molecule has 0 aromatic carbocycles. The molecule has 1 N–H and O–H groups in total. The van der Waals surface area contributed by atoms with E-state index in [9.17, 15) is 4.79 Å². The number of pyridine rings is 1. The van der Waals surface area contributed by atoms with Crippen LogP contribution in [-0.4, -0.2) is 20.6 Å². The Morgan fingerprint density at radius 2 is 2.33 bits per heavy atom. The molecule has 0 aliphatic rings. The first-order valence-electron chi connectivity index (χ1n) is 4.82. The van der Waals surface area contributed by atoms with Crippen LogP contribution in [0.25, 0.3) is 11.0 Å². The van der Waals surface area contributed by atoms with Crippen molar-refractivity contribution in [1.29, 1.82) is 0 Å². The average Bonchev–Trinajstić information content (AvgIpc) is 2.52. The van der Waals surface area contributed by atoms with Gasteiger partial charge in [-0.1, -0.05) is 6.92 Å². The molecule has 4 heteroatoms. The van der Waals surface area contributed by atoms with E-state index in [4.69, 9.17) is 5.11 Å². The lowest BCUT2D eigenvalue weighted by molar-refractivity contribution is 0.0686. The SMILES string of the molecule is CCc1c(C(=O)O)n(C)c2ncccc12. The molecular formula is C11H12N2O2. The van der Waals surface area contributed by atoms with Gasteiger partial charge in [0, 0.05) is 18.6 Å². The molecule has 0 saturated heterocycles. The van der Waals surface area contributed by atoms with Crippen molar-refractivity contribution in [3.05, 3.63) is 29.6 Å². The van der Waals surface area contributed by atoms with E-state index < -0.39 is 5.97 Å². The van der Waals surface area contributed by atoms with Crippen molar-refractivity contribution in [3.8, 4) is 0 Å². The van der Waals surface area contributed by atoms with Crippen molar-refractivity contribution in [2.45, 2.75) is 13.3 Å². The van der Waals surface area contributed by atoms with Gasteiger partial charge >= 0.3 is 5.97 Å². The summed E-state index contributed by atoms with van der Waals surface area (Å²) in [4.78, 5) is 15.3. The van der Waals surface area contributed by atoms with Gasteiger partial charge in [-0.15, -0.1) is 0 Å². The molecule has 0 radical (unpaired) electrons. The minimum atomic E-state index is -0.896. The van der Waals surface area contributed by atoms with Gasteiger partial charge in [-0.05, 0) is 24.1 Å². The summed E-state index contributed by atoms with van der Waals surface area (Å²) in [6, 6.07) is 3.74. The lowest BCUT2D eigenvalue weighted by Gasteiger charge is -1.99. The van der Waals surface area contributed by atoms with Crippen LogP contribution in [-0.2, 0) is 13.5 Å². The predicted molar refractivity (Wildman–Crippen MR) is 57.1 cm³/mol. The molecule has 0 bridgehead atoms. The van der Waals surface area contributed by atoms with Gasteiger partial charge in [0.05, 0.1) is 0 Å². The highest BCUT2D eigenvalue weighted by molar-refractivity contribution is 5.96. The number of hydrogen-bond acceptors (Lipinski definition) is 2. The van der Waals surface area contributed by atoms with Gasteiger partial charge in [0.25, 0.3) is 0 Å². The molecule has 0 fully saturated rings. The number of fused-ring (bicyclic) bond motifs is 1. The highest BCUT2D eigenvalue weighted by Gasteiger charge is 2.19. The predicted octanol–water partition coefficient (Wildman–Crippen LogP) is 1.83. The fraction of sp³-hybridized carbons (Fsp3) is 0.273. The number of rotatable bonds is 2. The Morgan fingerprint density at radius 3 is 2.93 bits per heavy atom. The summed E-state index contributed by atoms with van der Waals surface area (Å²) in [5.74, 6) is -0.896. The Balaban J connectivity index is 2.90. The van der Waals surface area contributed by atoms with Crippen LogP contribution in [0.1, 0.15) is 23.0 Å². The highest BCUT2D eigenvalue weighted by Crippen LogP contribution is 2.23. The Bertz CT molecular complexity index is 529. The molecule has 0 atom stereocenters. The van der Waals surface area contributed by atoms with Crippen LogP contribution in [0.4, 0.5) is 0 Å². The summed E-state index contributed by atoms with van der Waals surface area (Å²) in [6.07, 6.45) is 2.37. The van der Waals surface area contributed by atoms with Crippen LogP contribution in [0, 0.1) is 0 Å². The van der Waals surface area contributed by atoms with Gasteiger partial charge in [0.15, 0.2) is 0 Å². The first kappa shape index (κ1) is 9.71. The topological polar surface area (TPSA) is 55.1 Å². The van der Waals surface area contributed by atoms with Crippen LogP contribution in [0.2, 0.25) is 0 Å². The van der Waals surface area contributed by atoms with E-state index in [2.05, 4.69) is 4.98 Å². The maximum absolute atomic E-state index is 11.1. The third-order valence-electron chi connectivity index (χ3n) is 2.61. The molecule has 2 rings (SSSR count). The number of carbonyl (C=O) groups is 1. The van der Waals surface area contributed by atoms with Gasteiger partial charge < -0.3 is 9.67 Å². The molecule has 0 saturated carbocycles. The molecule has 4 nitrogen and oxygen atoms in total. The van der Waals surface area contributed by atoms with Crippen LogP contribution >= 0.6 is 0 Å². The van der Waals surface area contributed by atoms with Crippen molar-refractivity contribution in [2.24, 2.45) is 7.05 Å². The molecule has 2 heterocycles. The molecule has 15 heavy (non-hydrogen) atoms. The number of aryl methyl sites for hydroxylation is 2. The van der Waals surface area contributed by atoms with E-state index in [1.165, 1.54) is 0 Å². The second-order valence-electron chi connectivity index (χ2n) is 3.42. The van der Waals surface area contributed by atoms with E-state index in [0.717, 1.165) is 16.6 Å². The van der Waals surface area contributed by atoms with E-state index in [0.29, 0.717) is 12.1 Å². The summed E-state index contributed by atoms with van der Waals surface area (Å²) in [5, 5.41) is 10.1. The summed E-state index contributed by atoms with van der Waals surface area (Å²) >= 11 is 0. The zero-order chi connectivity index (χ0) is 11.0. The van der Waals surface area contributed by atoms with Crippen LogP contribution < -0.4 is 0 Å². The van der Waals surface area contributed by atoms with E-state index >= 15 is 0 Å². The van der Waals surface area contributed by atoms with E-state index in [1.807, 2.05) is 19.1 Å². The highest BCUT2D eigenvalue weighted by atomic mass is 16.4. The Kier molecular flexibility index (Phi) is 2.19. The Labute approximate surface area is 87.2 Å².